The lowest BCUT2D eigenvalue weighted by Gasteiger charge is -2.09. The second-order valence-corrected chi connectivity index (χ2v) is 6.58. The highest BCUT2D eigenvalue weighted by molar-refractivity contribution is 7.97. The van der Waals surface area contributed by atoms with Gasteiger partial charge in [0, 0.05) is 6.07 Å². The largest absolute Gasteiger partial charge is 0.508 e. The van der Waals surface area contributed by atoms with Crippen molar-refractivity contribution in [2.75, 3.05) is 0 Å². The molecule has 0 spiro atoms. The molecule has 0 fully saturated rings. The molecule has 0 saturated carbocycles. The fourth-order valence-electron chi connectivity index (χ4n) is 2.17. The summed E-state index contributed by atoms with van der Waals surface area (Å²) in [7, 11) is -0.446. The van der Waals surface area contributed by atoms with Crippen LogP contribution in [0.4, 0.5) is 0 Å². The van der Waals surface area contributed by atoms with E-state index < -0.39 is 10.9 Å². The molecule has 0 heterocycles. The van der Waals surface area contributed by atoms with E-state index >= 15 is 0 Å². The van der Waals surface area contributed by atoms with E-state index in [4.69, 9.17) is 0 Å². The third-order valence-electron chi connectivity index (χ3n) is 3.12. The summed E-state index contributed by atoms with van der Waals surface area (Å²) < 4.78 is 0. The van der Waals surface area contributed by atoms with Crippen LogP contribution < -0.4 is 0 Å². The van der Waals surface area contributed by atoms with Crippen molar-refractivity contribution in [1.82, 2.24) is 0 Å². The van der Waals surface area contributed by atoms with Crippen LogP contribution in [0.15, 0.2) is 93.5 Å². The summed E-state index contributed by atoms with van der Waals surface area (Å²) in [5, 5.41) is 20.0. The molecule has 0 aromatic heterocycles. The fourth-order valence-corrected chi connectivity index (χ4v) is 4.32. The summed E-state index contributed by atoms with van der Waals surface area (Å²) >= 11 is 0. The Bertz CT molecular complexity index is 687. The molecule has 0 aliphatic carbocycles. The van der Waals surface area contributed by atoms with Gasteiger partial charge in [0.2, 0.25) is 4.90 Å². The SMILES string of the molecule is Oc1ccc(O)c([S+](c2ccccc2)c2ccccc2)c1. The van der Waals surface area contributed by atoms with E-state index in [9.17, 15) is 10.2 Å². The van der Waals surface area contributed by atoms with Crippen molar-refractivity contribution >= 4 is 10.9 Å². The summed E-state index contributed by atoms with van der Waals surface area (Å²) in [6.07, 6.45) is 0. The summed E-state index contributed by atoms with van der Waals surface area (Å²) in [5.74, 6) is 0.357. The lowest BCUT2D eigenvalue weighted by atomic mass is 10.3. The van der Waals surface area contributed by atoms with Crippen molar-refractivity contribution in [3.63, 3.8) is 0 Å². The standard InChI is InChI=1S/C18H14O2S/c19-14-11-12-17(20)18(13-14)21(15-7-3-1-4-8-15)16-9-5-2-6-10-16/h1-13H,(H-,19,20)/p+1. The van der Waals surface area contributed by atoms with E-state index in [0.717, 1.165) is 14.7 Å². The van der Waals surface area contributed by atoms with Gasteiger partial charge in [-0.15, -0.1) is 0 Å². The average Bonchev–Trinajstić information content (AvgIpc) is 2.53. The summed E-state index contributed by atoms with van der Waals surface area (Å²) in [5.41, 5.74) is 0. The maximum absolute atomic E-state index is 10.2. The van der Waals surface area contributed by atoms with Crippen LogP contribution >= 0.6 is 0 Å². The van der Waals surface area contributed by atoms with Gasteiger partial charge in [0.15, 0.2) is 15.5 Å². The molecular weight excluding hydrogens is 280 g/mol. The highest BCUT2D eigenvalue weighted by atomic mass is 32.2. The number of benzene rings is 3. The van der Waals surface area contributed by atoms with Gasteiger partial charge in [0.25, 0.3) is 0 Å². The predicted octanol–water partition coefficient (Wildman–Crippen LogP) is 4.19. The molecule has 0 amide bonds. The van der Waals surface area contributed by atoms with E-state index in [2.05, 4.69) is 0 Å². The van der Waals surface area contributed by atoms with Gasteiger partial charge in [-0.3, -0.25) is 0 Å². The van der Waals surface area contributed by atoms with Gasteiger partial charge in [-0.05, 0) is 36.4 Å². The molecule has 0 atom stereocenters. The van der Waals surface area contributed by atoms with E-state index in [1.807, 2.05) is 60.7 Å². The molecule has 0 saturated heterocycles. The van der Waals surface area contributed by atoms with Crippen LogP contribution in [0.3, 0.4) is 0 Å². The van der Waals surface area contributed by atoms with Crippen LogP contribution in [0.1, 0.15) is 0 Å². The first-order chi connectivity index (χ1) is 10.3. The van der Waals surface area contributed by atoms with Crippen molar-refractivity contribution in [2.24, 2.45) is 0 Å². The highest BCUT2D eigenvalue weighted by Gasteiger charge is 2.31. The minimum absolute atomic E-state index is 0.159. The zero-order valence-corrected chi connectivity index (χ0v) is 12.1. The van der Waals surface area contributed by atoms with E-state index in [0.29, 0.717) is 0 Å². The monoisotopic (exact) mass is 295 g/mol. The second kappa shape index (κ2) is 5.94. The molecular formula is C18H15O2S+. The molecule has 3 rings (SSSR count). The van der Waals surface area contributed by atoms with E-state index in [1.165, 1.54) is 12.1 Å². The Morgan fingerprint density at radius 3 is 1.67 bits per heavy atom. The number of phenolic OH excluding ortho intramolecular Hbond substituents is 2. The minimum Gasteiger partial charge on any atom is -0.508 e. The fraction of sp³-hybridized carbons (Fsp3) is 0. The van der Waals surface area contributed by atoms with Crippen LogP contribution in [-0.4, -0.2) is 10.2 Å². The molecule has 0 aliphatic heterocycles. The molecule has 3 aromatic rings. The molecule has 0 aliphatic rings. The Kier molecular flexibility index (Phi) is 3.84. The summed E-state index contributed by atoms with van der Waals surface area (Å²) in [4.78, 5) is 2.93. The molecule has 3 heteroatoms. The molecule has 0 bridgehead atoms. The highest BCUT2D eigenvalue weighted by Crippen LogP contribution is 2.37. The normalized spacial score (nSPS) is 10.7. The van der Waals surface area contributed by atoms with Crippen molar-refractivity contribution in [1.29, 1.82) is 0 Å². The van der Waals surface area contributed by atoms with Crippen LogP contribution in [0.25, 0.3) is 0 Å². The van der Waals surface area contributed by atoms with Crippen LogP contribution in [0.5, 0.6) is 11.5 Å². The van der Waals surface area contributed by atoms with Gasteiger partial charge in [0.05, 0.1) is 0 Å². The van der Waals surface area contributed by atoms with Crippen molar-refractivity contribution in [3.8, 4) is 11.5 Å². The lowest BCUT2D eigenvalue weighted by Crippen LogP contribution is -2.04. The molecule has 2 N–H and O–H groups in total. The van der Waals surface area contributed by atoms with Gasteiger partial charge < -0.3 is 10.2 Å². The van der Waals surface area contributed by atoms with Gasteiger partial charge in [-0.25, -0.2) is 0 Å². The molecule has 2 nitrogen and oxygen atoms in total. The van der Waals surface area contributed by atoms with Gasteiger partial charge >= 0.3 is 0 Å². The topological polar surface area (TPSA) is 40.5 Å². The quantitative estimate of drug-likeness (QED) is 0.562. The van der Waals surface area contributed by atoms with Crippen LogP contribution in [0.2, 0.25) is 0 Å². The third kappa shape index (κ3) is 2.88. The van der Waals surface area contributed by atoms with E-state index in [1.54, 1.807) is 6.07 Å². The summed E-state index contributed by atoms with van der Waals surface area (Å²) in [6, 6.07) is 24.7. The number of phenols is 2. The van der Waals surface area contributed by atoms with Crippen molar-refractivity contribution < 1.29 is 10.2 Å². The molecule has 3 aromatic carbocycles. The Labute approximate surface area is 126 Å². The zero-order valence-electron chi connectivity index (χ0n) is 11.3. The maximum Gasteiger partial charge on any atom is 0.211 e. The van der Waals surface area contributed by atoms with Crippen LogP contribution in [-0.2, 0) is 10.9 Å². The molecule has 0 unspecified atom stereocenters. The van der Waals surface area contributed by atoms with Gasteiger partial charge in [-0.1, -0.05) is 36.4 Å². The zero-order chi connectivity index (χ0) is 14.7. The maximum atomic E-state index is 10.2. The Morgan fingerprint density at radius 1 is 0.619 bits per heavy atom. The first kappa shape index (κ1) is 13.6. The predicted molar refractivity (Wildman–Crippen MR) is 84.8 cm³/mol. The van der Waals surface area contributed by atoms with E-state index in [-0.39, 0.29) is 11.5 Å². The molecule has 0 radical (unpaired) electrons. The number of rotatable bonds is 3. The third-order valence-corrected chi connectivity index (χ3v) is 5.38. The number of hydrogen-bond donors (Lipinski definition) is 2. The first-order valence-corrected chi connectivity index (χ1v) is 7.84. The smallest absolute Gasteiger partial charge is 0.211 e. The van der Waals surface area contributed by atoms with Crippen molar-refractivity contribution in [3.05, 3.63) is 78.9 Å². The second-order valence-electron chi connectivity index (χ2n) is 4.58. The lowest BCUT2D eigenvalue weighted by molar-refractivity contribution is 0.448. The summed E-state index contributed by atoms with van der Waals surface area (Å²) in [6.45, 7) is 0. The Hall–Kier alpha value is -2.39. The Morgan fingerprint density at radius 2 is 1.14 bits per heavy atom. The molecule has 21 heavy (non-hydrogen) atoms. The minimum atomic E-state index is -0.446. The first-order valence-electron chi connectivity index (χ1n) is 6.62. The van der Waals surface area contributed by atoms with Crippen molar-refractivity contribution in [2.45, 2.75) is 14.7 Å². The van der Waals surface area contributed by atoms with Crippen LogP contribution in [0, 0.1) is 0 Å². The average molecular weight is 295 g/mol. The van der Waals surface area contributed by atoms with Gasteiger partial charge in [0.1, 0.15) is 16.6 Å². The van der Waals surface area contributed by atoms with Gasteiger partial charge in [-0.2, -0.15) is 0 Å². The number of aromatic hydroxyl groups is 2. The number of hydrogen-bond acceptors (Lipinski definition) is 2. The molecule has 104 valence electrons. The Balaban J connectivity index is 2.20.